The molecule has 0 radical (unpaired) electrons. The average molecular weight is 273 g/mol. The lowest BCUT2D eigenvalue weighted by Crippen LogP contribution is -2.37. The van der Waals surface area contributed by atoms with E-state index in [-0.39, 0.29) is 6.54 Å². The van der Waals surface area contributed by atoms with E-state index in [4.69, 9.17) is 0 Å². The van der Waals surface area contributed by atoms with Crippen molar-refractivity contribution in [3.63, 3.8) is 0 Å². The molecule has 0 saturated carbocycles. The number of benzene rings is 1. The van der Waals surface area contributed by atoms with Crippen molar-refractivity contribution in [3.05, 3.63) is 35.4 Å². The van der Waals surface area contributed by atoms with Crippen LogP contribution in [0, 0.1) is 0 Å². The van der Waals surface area contributed by atoms with Crippen LogP contribution in [0.2, 0.25) is 0 Å². The summed E-state index contributed by atoms with van der Waals surface area (Å²) in [4.78, 5) is 10.6. The molecule has 1 amide bonds. The summed E-state index contributed by atoms with van der Waals surface area (Å²) in [5.74, 6) is -1.87. The van der Waals surface area contributed by atoms with E-state index in [1.54, 1.807) is 0 Å². The van der Waals surface area contributed by atoms with Crippen molar-refractivity contribution in [2.24, 2.45) is 0 Å². The number of hydrogen-bond acceptors (Lipinski definition) is 1. The van der Waals surface area contributed by atoms with Gasteiger partial charge in [-0.2, -0.15) is 13.2 Å². The van der Waals surface area contributed by atoms with Gasteiger partial charge in [0.05, 0.1) is 0 Å². The van der Waals surface area contributed by atoms with Crippen molar-refractivity contribution in [2.75, 3.05) is 6.54 Å². The third-order valence-corrected chi connectivity index (χ3v) is 2.72. The molecular weight excluding hydrogens is 255 g/mol. The Morgan fingerprint density at radius 2 is 1.84 bits per heavy atom. The normalized spacial score (nSPS) is 11.4. The number of hydrogen-bond donors (Lipinski definition) is 1. The molecule has 5 heteroatoms. The lowest BCUT2D eigenvalue weighted by atomic mass is 10.0. The molecule has 0 aliphatic heterocycles. The first-order chi connectivity index (χ1) is 8.93. The van der Waals surface area contributed by atoms with Gasteiger partial charge in [0.15, 0.2) is 0 Å². The minimum absolute atomic E-state index is 0.0380. The fourth-order valence-electron chi connectivity index (χ4n) is 1.82. The van der Waals surface area contributed by atoms with Crippen LogP contribution in [0.25, 0.3) is 0 Å². The summed E-state index contributed by atoms with van der Waals surface area (Å²) in [5.41, 5.74) is 2.33. The smallest absolute Gasteiger partial charge is 0.348 e. The maximum atomic E-state index is 11.9. The third-order valence-electron chi connectivity index (χ3n) is 2.72. The number of carbonyl (C=O) groups excluding carboxylic acids is 1. The van der Waals surface area contributed by atoms with Gasteiger partial charge in [-0.1, -0.05) is 37.6 Å². The van der Waals surface area contributed by atoms with Crippen LogP contribution >= 0.6 is 0 Å². The molecule has 0 atom stereocenters. The van der Waals surface area contributed by atoms with Gasteiger partial charge in [-0.15, -0.1) is 0 Å². The number of halogens is 3. The van der Waals surface area contributed by atoms with E-state index in [2.05, 4.69) is 13.0 Å². The molecular formula is C14H18F3NO. The SMILES string of the molecule is CCCc1cccc(CCCNC(=O)C(F)(F)F)c1. The van der Waals surface area contributed by atoms with Gasteiger partial charge >= 0.3 is 12.1 Å². The van der Waals surface area contributed by atoms with Gasteiger partial charge in [-0.05, 0) is 30.4 Å². The molecule has 106 valence electrons. The van der Waals surface area contributed by atoms with E-state index in [9.17, 15) is 18.0 Å². The van der Waals surface area contributed by atoms with Crippen molar-refractivity contribution in [3.8, 4) is 0 Å². The summed E-state index contributed by atoms with van der Waals surface area (Å²) in [6, 6.07) is 8.01. The molecule has 0 spiro atoms. The maximum Gasteiger partial charge on any atom is 0.471 e. The minimum atomic E-state index is -4.79. The second-order valence-corrected chi connectivity index (χ2v) is 4.43. The van der Waals surface area contributed by atoms with Gasteiger partial charge in [0.25, 0.3) is 0 Å². The van der Waals surface area contributed by atoms with Crippen molar-refractivity contribution in [1.29, 1.82) is 0 Å². The summed E-state index contributed by atoms with van der Waals surface area (Å²) in [7, 11) is 0. The molecule has 0 aliphatic rings. The monoisotopic (exact) mass is 273 g/mol. The third kappa shape index (κ3) is 5.77. The molecule has 1 aromatic rings. The zero-order valence-electron chi connectivity index (χ0n) is 10.9. The van der Waals surface area contributed by atoms with Crippen molar-refractivity contribution in [2.45, 2.75) is 38.8 Å². The van der Waals surface area contributed by atoms with Crippen molar-refractivity contribution in [1.82, 2.24) is 5.32 Å². The Labute approximate surface area is 111 Å². The fourth-order valence-corrected chi connectivity index (χ4v) is 1.82. The number of rotatable bonds is 6. The molecule has 0 aliphatic carbocycles. The first-order valence-electron chi connectivity index (χ1n) is 6.36. The lowest BCUT2D eigenvalue weighted by Gasteiger charge is -2.08. The van der Waals surface area contributed by atoms with Gasteiger partial charge < -0.3 is 5.32 Å². The highest BCUT2D eigenvalue weighted by Gasteiger charge is 2.38. The highest BCUT2D eigenvalue weighted by Crippen LogP contribution is 2.14. The van der Waals surface area contributed by atoms with Crippen LogP contribution in [0.4, 0.5) is 13.2 Å². The molecule has 1 N–H and O–H groups in total. The van der Waals surface area contributed by atoms with Gasteiger partial charge in [0, 0.05) is 6.54 Å². The van der Waals surface area contributed by atoms with Crippen LogP contribution < -0.4 is 5.32 Å². The Morgan fingerprint density at radius 3 is 2.42 bits per heavy atom. The van der Waals surface area contributed by atoms with Crippen molar-refractivity contribution < 1.29 is 18.0 Å². The van der Waals surface area contributed by atoms with Crippen LogP contribution in [0.1, 0.15) is 30.9 Å². The molecule has 1 aromatic carbocycles. The van der Waals surface area contributed by atoms with Gasteiger partial charge in [-0.3, -0.25) is 4.79 Å². The number of amides is 1. The van der Waals surface area contributed by atoms with Crippen LogP contribution in [0.5, 0.6) is 0 Å². The Balaban J connectivity index is 2.33. The molecule has 1 rings (SSSR count). The molecule has 0 fully saturated rings. The quantitative estimate of drug-likeness (QED) is 0.792. The highest BCUT2D eigenvalue weighted by molar-refractivity contribution is 5.81. The minimum Gasteiger partial charge on any atom is -0.348 e. The van der Waals surface area contributed by atoms with E-state index in [1.807, 2.05) is 23.5 Å². The summed E-state index contributed by atoms with van der Waals surface area (Å²) in [5, 5.41) is 1.87. The van der Waals surface area contributed by atoms with Gasteiger partial charge in [-0.25, -0.2) is 0 Å². The van der Waals surface area contributed by atoms with Crippen LogP contribution in [-0.4, -0.2) is 18.6 Å². The standard InChI is InChI=1S/C14H18F3NO/c1-2-5-11-6-3-7-12(10-11)8-4-9-18-13(19)14(15,16)17/h3,6-7,10H,2,4-5,8-9H2,1H3,(H,18,19). The van der Waals surface area contributed by atoms with E-state index in [0.29, 0.717) is 12.8 Å². The molecule has 2 nitrogen and oxygen atoms in total. The first kappa shape index (κ1) is 15.5. The largest absolute Gasteiger partial charge is 0.471 e. The molecule has 19 heavy (non-hydrogen) atoms. The van der Waals surface area contributed by atoms with E-state index < -0.39 is 12.1 Å². The molecule has 0 aromatic heterocycles. The van der Waals surface area contributed by atoms with Crippen LogP contribution in [-0.2, 0) is 17.6 Å². The van der Waals surface area contributed by atoms with Crippen molar-refractivity contribution >= 4 is 5.91 Å². The van der Waals surface area contributed by atoms with Crippen LogP contribution in [0.15, 0.2) is 24.3 Å². The number of nitrogens with one attached hydrogen (secondary N) is 1. The Morgan fingerprint density at radius 1 is 1.21 bits per heavy atom. The zero-order chi connectivity index (χ0) is 14.3. The van der Waals surface area contributed by atoms with E-state index in [1.165, 1.54) is 5.56 Å². The second kappa shape index (κ2) is 7.16. The maximum absolute atomic E-state index is 11.9. The Kier molecular flexibility index (Phi) is 5.86. The zero-order valence-corrected chi connectivity index (χ0v) is 10.9. The number of alkyl halides is 3. The lowest BCUT2D eigenvalue weighted by molar-refractivity contribution is -0.173. The highest BCUT2D eigenvalue weighted by atomic mass is 19.4. The number of carbonyl (C=O) groups is 1. The summed E-state index contributed by atoms with van der Waals surface area (Å²) < 4.78 is 35.8. The second-order valence-electron chi connectivity index (χ2n) is 4.43. The van der Waals surface area contributed by atoms with Gasteiger partial charge in [0.2, 0.25) is 0 Å². The Bertz CT molecular complexity index is 415. The molecule has 0 saturated heterocycles. The molecule has 0 heterocycles. The van der Waals surface area contributed by atoms with E-state index >= 15 is 0 Å². The first-order valence-corrected chi connectivity index (χ1v) is 6.36. The summed E-state index contributed by atoms with van der Waals surface area (Å²) in [6.07, 6.45) is -1.57. The average Bonchev–Trinajstić information content (AvgIpc) is 2.34. The Hall–Kier alpha value is -1.52. The van der Waals surface area contributed by atoms with Gasteiger partial charge in [0.1, 0.15) is 0 Å². The summed E-state index contributed by atoms with van der Waals surface area (Å²) in [6.45, 7) is 2.13. The predicted molar refractivity (Wildman–Crippen MR) is 67.8 cm³/mol. The number of aryl methyl sites for hydroxylation is 2. The molecule has 0 bridgehead atoms. The summed E-state index contributed by atoms with van der Waals surface area (Å²) >= 11 is 0. The fraction of sp³-hybridized carbons (Fsp3) is 0.500. The van der Waals surface area contributed by atoms with Crippen LogP contribution in [0.3, 0.4) is 0 Å². The molecule has 0 unspecified atom stereocenters. The van der Waals surface area contributed by atoms with E-state index in [0.717, 1.165) is 18.4 Å². The topological polar surface area (TPSA) is 29.1 Å². The predicted octanol–water partition coefficient (Wildman–Crippen LogP) is 3.25.